The van der Waals surface area contributed by atoms with Gasteiger partial charge in [0.2, 0.25) is 0 Å². The van der Waals surface area contributed by atoms with Crippen LogP contribution in [-0.4, -0.2) is 49.2 Å². The largest absolute Gasteiger partial charge is 0.411 e. The molecule has 0 atom stereocenters. The van der Waals surface area contributed by atoms with E-state index in [9.17, 15) is 4.39 Å². The molecule has 184 valence electrons. The molecule has 0 amide bonds. The Morgan fingerprint density at radius 2 is 1.85 bits per heavy atom. The van der Waals surface area contributed by atoms with Crippen molar-refractivity contribution in [3.05, 3.63) is 58.7 Å². The van der Waals surface area contributed by atoms with Crippen LogP contribution in [0.2, 0.25) is 18.1 Å². The minimum Gasteiger partial charge on any atom is -0.411 e. The second-order valence-corrected chi connectivity index (χ2v) is 15.3. The third-order valence-corrected chi connectivity index (χ3v) is 11.8. The standard InChI is InChI=1S/C26H37FN4O2Si/c1-7-20-19(9-8-10-21(20)27)17-23-22(18-33-34(5,6)26(2,3)4)28-24-11-12-25(29-31(23)24)30-13-15-32-16-14-30/h8-12H,7,13-18H2,1-6H3. The molecule has 0 bridgehead atoms. The fourth-order valence-electron chi connectivity index (χ4n) is 4.08. The van der Waals surface area contributed by atoms with Crippen LogP contribution in [-0.2, 0) is 28.6 Å². The van der Waals surface area contributed by atoms with E-state index in [0.29, 0.717) is 32.7 Å². The summed E-state index contributed by atoms with van der Waals surface area (Å²) in [6.45, 7) is 16.7. The number of nitrogens with zero attached hydrogens (tertiary/aromatic N) is 4. The van der Waals surface area contributed by atoms with Crippen LogP contribution in [0.5, 0.6) is 0 Å². The molecule has 0 radical (unpaired) electrons. The van der Waals surface area contributed by atoms with E-state index in [1.165, 1.54) is 6.07 Å². The first-order chi connectivity index (χ1) is 16.1. The molecule has 0 N–H and O–H groups in total. The molecule has 0 unspecified atom stereocenters. The lowest BCUT2D eigenvalue weighted by atomic mass is 10.00. The van der Waals surface area contributed by atoms with Gasteiger partial charge in [0.15, 0.2) is 14.0 Å². The number of aromatic nitrogens is 3. The van der Waals surface area contributed by atoms with Crippen LogP contribution in [0.1, 0.15) is 50.2 Å². The number of imidazole rings is 1. The Morgan fingerprint density at radius 1 is 1.12 bits per heavy atom. The Labute approximate surface area is 203 Å². The molecule has 1 saturated heterocycles. The van der Waals surface area contributed by atoms with Crippen LogP contribution in [0, 0.1) is 5.82 Å². The van der Waals surface area contributed by atoms with Gasteiger partial charge in [0.05, 0.1) is 31.2 Å². The predicted octanol–water partition coefficient (Wildman–Crippen LogP) is 5.38. The molecular formula is C26H37FN4O2Si. The van der Waals surface area contributed by atoms with Gasteiger partial charge in [0.25, 0.3) is 0 Å². The zero-order valence-electron chi connectivity index (χ0n) is 21.3. The van der Waals surface area contributed by atoms with E-state index >= 15 is 0 Å². The predicted molar refractivity (Wildman–Crippen MR) is 137 cm³/mol. The Hall–Kier alpha value is -2.29. The third kappa shape index (κ3) is 5.04. The van der Waals surface area contributed by atoms with Gasteiger partial charge in [-0.25, -0.2) is 13.9 Å². The fraction of sp³-hybridized carbons (Fsp3) is 0.538. The molecule has 3 aromatic rings. The number of anilines is 1. The van der Waals surface area contributed by atoms with Gasteiger partial charge in [-0.3, -0.25) is 0 Å². The van der Waals surface area contributed by atoms with Crippen molar-refractivity contribution in [2.45, 2.75) is 65.3 Å². The van der Waals surface area contributed by atoms with E-state index in [1.54, 1.807) is 6.07 Å². The number of halogens is 1. The van der Waals surface area contributed by atoms with Gasteiger partial charge >= 0.3 is 0 Å². The highest BCUT2D eigenvalue weighted by Crippen LogP contribution is 2.37. The highest BCUT2D eigenvalue weighted by molar-refractivity contribution is 6.74. The van der Waals surface area contributed by atoms with Crippen LogP contribution in [0.3, 0.4) is 0 Å². The molecule has 0 aliphatic carbocycles. The molecule has 1 aliphatic heterocycles. The number of hydrogen-bond donors (Lipinski definition) is 0. The van der Waals surface area contributed by atoms with Crippen LogP contribution in [0.25, 0.3) is 5.65 Å². The van der Waals surface area contributed by atoms with Gasteiger partial charge in [-0.05, 0) is 53.9 Å². The van der Waals surface area contributed by atoms with E-state index in [1.807, 2.05) is 29.6 Å². The molecule has 6 nitrogen and oxygen atoms in total. The SMILES string of the molecule is CCc1c(F)cccc1Cc1c(CO[Si](C)(C)C(C)(C)C)nc2ccc(N3CCOCC3)nn12. The highest BCUT2D eigenvalue weighted by atomic mass is 28.4. The Bertz CT molecular complexity index is 1150. The van der Waals surface area contributed by atoms with Crippen molar-refractivity contribution in [1.82, 2.24) is 14.6 Å². The van der Waals surface area contributed by atoms with Crippen molar-refractivity contribution >= 4 is 19.8 Å². The van der Waals surface area contributed by atoms with Crippen molar-refractivity contribution in [2.75, 3.05) is 31.2 Å². The zero-order valence-corrected chi connectivity index (χ0v) is 22.3. The molecule has 2 aromatic heterocycles. The van der Waals surface area contributed by atoms with E-state index < -0.39 is 8.32 Å². The van der Waals surface area contributed by atoms with E-state index in [4.69, 9.17) is 19.2 Å². The van der Waals surface area contributed by atoms with Gasteiger partial charge in [-0.2, -0.15) is 0 Å². The summed E-state index contributed by atoms with van der Waals surface area (Å²) in [5.74, 6) is 0.746. The number of fused-ring (bicyclic) bond motifs is 1. The van der Waals surface area contributed by atoms with Crippen LogP contribution in [0.15, 0.2) is 30.3 Å². The smallest absolute Gasteiger partial charge is 0.192 e. The number of hydrogen-bond acceptors (Lipinski definition) is 5. The molecule has 0 saturated carbocycles. The van der Waals surface area contributed by atoms with E-state index in [-0.39, 0.29) is 10.9 Å². The maximum atomic E-state index is 14.6. The van der Waals surface area contributed by atoms with Crippen molar-refractivity contribution in [2.24, 2.45) is 0 Å². The fourth-order valence-corrected chi connectivity index (χ4v) is 5.01. The third-order valence-electron chi connectivity index (χ3n) is 7.28. The zero-order chi connectivity index (χ0) is 24.5. The van der Waals surface area contributed by atoms with Gasteiger partial charge in [0.1, 0.15) is 11.6 Å². The lowest BCUT2D eigenvalue weighted by Gasteiger charge is -2.36. The molecule has 1 aromatic carbocycles. The summed E-state index contributed by atoms with van der Waals surface area (Å²) in [5, 5.41) is 5.08. The molecule has 4 rings (SSSR count). The first-order valence-electron chi connectivity index (χ1n) is 12.2. The molecular weight excluding hydrogens is 447 g/mol. The van der Waals surface area contributed by atoms with Gasteiger partial charge in [0, 0.05) is 19.5 Å². The summed E-state index contributed by atoms with van der Waals surface area (Å²) in [6.07, 6.45) is 1.19. The average molecular weight is 485 g/mol. The van der Waals surface area contributed by atoms with Gasteiger partial charge in [-0.15, -0.1) is 5.10 Å². The number of benzene rings is 1. The maximum Gasteiger partial charge on any atom is 0.192 e. The molecule has 34 heavy (non-hydrogen) atoms. The summed E-state index contributed by atoms with van der Waals surface area (Å²) in [6, 6.07) is 9.36. The number of morpholine rings is 1. The van der Waals surface area contributed by atoms with Gasteiger partial charge < -0.3 is 14.1 Å². The highest BCUT2D eigenvalue weighted by Gasteiger charge is 2.37. The number of ether oxygens (including phenoxy) is 1. The maximum absolute atomic E-state index is 14.6. The minimum absolute atomic E-state index is 0.103. The second kappa shape index (κ2) is 9.75. The minimum atomic E-state index is -1.97. The average Bonchev–Trinajstić information content (AvgIpc) is 3.14. The Balaban J connectivity index is 1.76. The topological polar surface area (TPSA) is 51.9 Å². The van der Waals surface area contributed by atoms with Crippen LogP contribution < -0.4 is 4.90 Å². The number of rotatable bonds is 7. The second-order valence-electron chi connectivity index (χ2n) is 10.5. The summed E-state index contributed by atoms with van der Waals surface area (Å²) < 4.78 is 28.5. The van der Waals surface area contributed by atoms with Crippen molar-refractivity contribution in [1.29, 1.82) is 0 Å². The molecule has 0 spiro atoms. The van der Waals surface area contributed by atoms with Crippen LogP contribution >= 0.6 is 0 Å². The first kappa shape index (κ1) is 24.8. The summed E-state index contributed by atoms with van der Waals surface area (Å²) in [4.78, 5) is 7.15. The molecule has 1 fully saturated rings. The normalized spacial score (nSPS) is 15.3. The Kier molecular flexibility index (Phi) is 7.12. The monoisotopic (exact) mass is 484 g/mol. The van der Waals surface area contributed by atoms with Crippen molar-refractivity contribution < 1.29 is 13.6 Å². The molecule has 8 heteroatoms. The summed E-state index contributed by atoms with van der Waals surface area (Å²) in [5.41, 5.74) is 4.34. The first-order valence-corrected chi connectivity index (χ1v) is 15.1. The van der Waals surface area contributed by atoms with Crippen molar-refractivity contribution in [3.8, 4) is 0 Å². The lowest BCUT2D eigenvalue weighted by Crippen LogP contribution is -2.40. The lowest BCUT2D eigenvalue weighted by molar-refractivity contribution is 0.122. The van der Waals surface area contributed by atoms with Gasteiger partial charge in [-0.1, -0.05) is 39.8 Å². The summed E-state index contributed by atoms with van der Waals surface area (Å²) >= 11 is 0. The Morgan fingerprint density at radius 3 is 2.53 bits per heavy atom. The molecule has 3 heterocycles. The van der Waals surface area contributed by atoms with E-state index in [0.717, 1.165) is 47.1 Å². The quantitative estimate of drug-likeness (QED) is 0.422. The van der Waals surface area contributed by atoms with Crippen LogP contribution in [0.4, 0.5) is 10.2 Å². The van der Waals surface area contributed by atoms with Crippen molar-refractivity contribution in [3.63, 3.8) is 0 Å². The van der Waals surface area contributed by atoms with E-state index in [2.05, 4.69) is 38.8 Å². The molecule has 1 aliphatic rings. The summed E-state index contributed by atoms with van der Waals surface area (Å²) in [7, 11) is -1.97.